The fraction of sp³-hybridized carbons (Fsp3) is 0.647. The third-order valence-corrected chi connectivity index (χ3v) is 5.21. The maximum Gasteiger partial charge on any atom is 0.292 e. The number of anilines is 1. The normalized spacial score (nSPS) is 23.9. The van der Waals surface area contributed by atoms with Crippen LogP contribution in [0.5, 0.6) is 0 Å². The molecule has 5 nitrogen and oxygen atoms in total. The van der Waals surface area contributed by atoms with Crippen molar-refractivity contribution in [2.45, 2.75) is 51.6 Å². The zero-order valence-electron chi connectivity index (χ0n) is 13.5. The van der Waals surface area contributed by atoms with Gasteiger partial charge in [0.2, 0.25) is 0 Å². The first-order chi connectivity index (χ1) is 10.6. The van der Waals surface area contributed by atoms with Crippen LogP contribution in [0.15, 0.2) is 18.2 Å². The summed E-state index contributed by atoms with van der Waals surface area (Å²) in [5, 5.41) is 11.3. The lowest BCUT2D eigenvalue weighted by atomic mass is 10.0. The second-order valence-electron chi connectivity index (χ2n) is 6.70. The minimum atomic E-state index is -0.253. The largest absolute Gasteiger partial charge is 0.366 e. The van der Waals surface area contributed by atoms with Crippen LogP contribution in [0.1, 0.15) is 38.2 Å². The topological polar surface area (TPSA) is 49.6 Å². The Morgan fingerprint density at radius 1 is 1.18 bits per heavy atom. The average Bonchev–Trinajstić information content (AvgIpc) is 2.93. The van der Waals surface area contributed by atoms with Crippen LogP contribution in [0.2, 0.25) is 0 Å². The molecule has 0 radical (unpaired) electrons. The van der Waals surface area contributed by atoms with Gasteiger partial charge in [0.15, 0.2) is 0 Å². The van der Waals surface area contributed by atoms with Crippen LogP contribution in [0.25, 0.3) is 0 Å². The Balaban J connectivity index is 1.70. The second kappa shape index (κ2) is 6.24. The third kappa shape index (κ3) is 2.95. The number of nitrogens with zero attached hydrogens (tertiary/aromatic N) is 3. The first kappa shape index (κ1) is 15.3. The van der Waals surface area contributed by atoms with E-state index in [4.69, 9.17) is 0 Å². The number of piperidine rings is 1. The number of benzene rings is 1. The number of hydrogen-bond acceptors (Lipinski definition) is 4. The molecule has 2 saturated heterocycles. The molecule has 0 aromatic heterocycles. The van der Waals surface area contributed by atoms with E-state index in [0.29, 0.717) is 12.1 Å². The van der Waals surface area contributed by atoms with Crippen molar-refractivity contribution in [1.29, 1.82) is 0 Å². The fourth-order valence-electron chi connectivity index (χ4n) is 3.98. The molecule has 2 aliphatic heterocycles. The van der Waals surface area contributed by atoms with Crippen molar-refractivity contribution < 1.29 is 4.92 Å². The van der Waals surface area contributed by atoms with E-state index in [2.05, 4.69) is 16.7 Å². The van der Waals surface area contributed by atoms with Crippen molar-refractivity contribution in [3.05, 3.63) is 33.9 Å². The molecule has 120 valence electrons. The van der Waals surface area contributed by atoms with Crippen LogP contribution in [0, 0.1) is 17.0 Å². The lowest BCUT2D eigenvalue weighted by Crippen LogP contribution is -2.46. The van der Waals surface area contributed by atoms with Gasteiger partial charge in [0, 0.05) is 31.2 Å². The molecule has 0 N–H and O–H groups in total. The van der Waals surface area contributed by atoms with Crippen molar-refractivity contribution in [3.63, 3.8) is 0 Å². The minimum absolute atomic E-state index is 0.244. The molecule has 2 fully saturated rings. The second-order valence-corrected chi connectivity index (χ2v) is 6.70. The quantitative estimate of drug-likeness (QED) is 0.634. The lowest BCUT2D eigenvalue weighted by molar-refractivity contribution is -0.384. The highest BCUT2D eigenvalue weighted by atomic mass is 16.6. The van der Waals surface area contributed by atoms with Gasteiger partial charge in [-0.15, -0.1) is 0 Å². The molecule has 5 heteroatoms. The van der Waals surface area contributed by atoms with Gasteiger partial charge in [-0.05, 0) is 57.7 Å². The van der Waals surface area contributed by atoms with E-state index in [-0.39, 0.29) is 10.6 Å². The molecule has 0 bridgehead atoms. The number of nitro benzene ring substituents is 1. The summed E-state index contributed by atoms with van der Waals surface area (Å²) in [6.45, 7) is 7.27. The molecule has 0 spiro atoms. The molecule has 0 aliphatic carbocycles. The van der Waals surface area contributed by atoms with Crippen molar-refractivity contribution in [1.82, 2.24) is 4.90 Å². The number of rotatable bonds is 3. The molecule has 2 heterocycles. The number of aryl methyl sites for hydroxylation is 1. The first-order valence-electron chi connectivity index (χ1n) is 8.32. The minimum Gasteiger partial charge on any atom is -0.366 e. The van der Waals surface area contributed by atoms with Crippen LogP contribution in [0.3, 0.4) is 0 Å². The summed E-state index contributed by atoms with van der Waals surface area (Å²) in [5.41, 5.74) is 1.97. The van der Waals surface area contributed by atoms with Crippen LogP contribution in [0.4, 0.5) is 11.4 Å². The summed E-state index contributed by atoms with van der Waals surface area (Å²) >= 11 is 0. The van der Waals surface area contributed by atoms with E-state index in [9.17, 15) is 10.1 Å². The zero-order valence-corrected chi connectivity index (χ0v) is 13.5. The monoisotopic (exact) mass is 303 g/mol. The van der Waals surface area contributed by atoms with Gasteiger partial charge in [-0.2, -0.15) is 0 Å². The molecule has 1 aromatic rings. The first-order valence-corrected chi connectivity index (χ1v) is 8.32. The SMILES string of the molecule is Cc1ccc(N2CCC(N3CCCC3C)CC2)c([N+](=O)[O-])c1. The smallest absolute Gasteiger partial charge is 0.292 e. The predicted octanol–water partition coefficient (Wildman–Crippen LogP) is 3.36. The summed E-state index contributed by atoms with van der Waals surface area (Å²) in [6.07, 6.45) is 4.83. The molecule has 3 rings (SSSR count). The van der Waals surface area contributed by atoms with Gasteiger partial charge in [0.1, 0.15) is 5.69 Å². The van der Waals surface area contributed by atoms with E-state index in [1.807, 2.05) is 19.1 Å². The Bertz CT molecular complexity index is 553. The van der Waals surface area contributed by atoms with E-state index in [1.165, 1.54) is 19.4 Å². The molecular weight excluding hydrogens is 278 g/mol. The highest BCUT2D eigenvalue weighted by Gasteiger charge is 2.31. The molecule has 1 unspecified atom stereocenters. The predicted molar refractivity (Wildman–Crippen MR) is 88.5 cm³/mol. The van der Waals surface area contributed by atoms with E-state index in [0.717, 1.165) is 37.2 Å². The summed E-state index contributed by atoms with van der Waals surface area (Å²) in [7, 11) is 0. The van der Waals surface area contributed by atoms with Crippen LogP contribution in [-0.4, -0.2) is 41.5 Å². The van der Waals surface area contributed by atoms with E-state index < -0.39 is 0 Å². The standard InChI is InChI=1S/C17H25N3O2/c1-13-5-6-16(17(12-13)20(21)22)18-10-7-15(8-11-18)19-9-3-4-14(19)2/h5-6,12,14-15H,3-4,7-11H2,1-2H3. The number of hydrogen-bond donors (Lipinski definition) is 0. The number of likely N-dealkylation sites (tertiary alicyclic amines) is 1. The Hall–Kier alpha value is -1.62. The van der Waals surface area contributed by atoms with Gasteiger partial charge in [-0.25, -0.2) is 0 Å². The lowest BCUT2D eigenvalue weighted by Gasteiger charge is -2.39. The van der Waals surface area contributed by atoms with Gasteiger partial charge < -0.3 is 4.90 Å². The summed E-state index contributed by atoms with van der Waals surface area (Å²) in [6, 6.07) is 6.91. The Morgan fingerprint density at radius 3 is 2.50 bits per heavy atom. The van der Waals surface area contributed by atoms with Crippen molar-refractivity contribution in [3.8, 4) is 0 Å². The molecular formula is C17H25N3O2. The van der Waals surface area contributed by atoms with E-state index in [1.54, 1.807) is 6.07 Å². The van der Waals surface area contributed by atoms with Crippen molar-refractivity contribution >= 4 is 11.4 Å². The Morgan fingerprint density at radius 2 is 1.91 bits per heavy atom. The molecule has 2 aliphatic rings. The maximum absolute atomic E-state index is 11.3. The molecule has 1 atom stereocenters. The van der Waals surface area contributed by atoms with E-state index >= 15 is 0 Å². The maximum atomic E-state index is 11.3. The highest BCUT2D eigenvalue weighted by Crippen LogP contribution is 2.33. The molecule has 22 heavy (non-hydrogen) atoms. The average molecular weight is 303 g/mol. The molecule has 1 aromatic carbocycles. The van der Waals surface area contributed by atoms with Crippen LogP contribution in [-0.2, 0) is 0 Å². The van der Waals surface area contributed by atoms with Gasteiger partial charge in [-0.3, -0.25) is 15.0 Å². The van der Waals surface area contributed by atoms with Crippen molar-refractivity contribution in [2.75, 3.05) is 24.5 Å². The number of nitro groups is 1. The van der Waals surface area contributed by atoms with Crippen LogP contribution >= 0.6 is 0 Å². The molecule has 0 amide bonds. The Labute approximate surface area is 132 Å². The summed E-state index contributed by atoms with van der Waals surface area (Å²) in [4.78, 5) is 15.9. The van der Waals surface area contributed by atoms with Crippen LogP contribution < -0.4 is 4.90 Å². The van der Waals surface area contributed by atoms with Gasteiger partial charge >= 0.3 is 0 Å². The van der Waals surface area contributed by atoms with Gasteiger partial charge in [-0.1, -0.05) is 6.07 Å². The highest BCUT2D eigenvalue weighted by molar-refractivity contribution is 5.64. The summed E-state index contributed by atoms with van der Waals surface area (Å²) < 4.78 is 0. The third-order valence-electron chi connectivity index (χ3n) is 5.21. The zero-order chi connectivity index (χ0) is 15.7. The summed E-state index contributed by atoms with van der Waals surface area (Å²) in [5.74, 6) is 0. The van der Waals surface area contributed by atoms with Crippen molar-refractivity contribution in [2.24, 2.45) is 0 Å². The Kier molecular flexibility index (Phi) is 4.34. The fourth-order valence-corrected chi connectivity index (χ4v) is 3.98. The van der Waals surface area contributed by atoms with Gasteiger partial charge in [0.25, 0.3) is 5.69 Å². The van der Waals surface area contributed by atoms with Gasteiger partial charge in [0.05, 0.1) is 4.92 Å². The molecule has 0 saturated carbocycles.